The van der Waals surface area contributed by atoms with Gasteiger partial charge in [-0.2, -0.15) is 0 Å². The van der Waals surface area contributed by atoms with Crippen LogP contribution < -0.4 is 0 Å². The quantitative estimate of drug-likeness (QED) is 0.297. The Balaban J connectivity index is 2.01. The van der Waals surface area contributed by atoms with Gasteiger partial charge in [0.05, 0.1) is 12.7 Å². The maximum atomic E-state index is 5.44. The predicted molar refractivity (Wildman–Crippen MR) is 92.9 cm³/mol. The van der Waals surface area contributed by atoms with Gasteiger partial charge in [0.2, 0.25) is 0 Å². The maximum Gasteiger partial charge on any atom is 0.0824 e. The van der Waals surface area contributed by atoms with E-state index >= 15 is 0 Å². The third-order valence-corrected chi connectivity index (χ3v) is 4.91. The number of hydrogen-bond donors (Lipinski definition) is 0. The minimum Gasteiger partial charge on any atom is -0.373 e. The van der Waals surface area contributed by atoms with E-state index in [1.54, 1.807) is 0 Å². The van der Waals surface area contributed by atoms with Gasteiger partial charge < -0.3 is 9.64 Å². The fourth-order valence-electron chi connectivity index (χ4n) is 3.39. The molecule has 0 aromatic rings. The third kappa shape index (κ3) is 9.52. The van der Waals surface area contributed by atoms with Crippen LogP contribution in [0, 0.1) is 0 Å². The smallest absolute Gasteiger partial charge is 0.0824 e. The first kappa shape index (κ1) is 19.0. The first-order valence-corrected chi connectivity index (χ1v) is 9.67. The highest BCUT2D eigenvalue weighted by Gasteiger charge is 2.28. The third-order valence-electron chi connectivity index (χ3n) is 4.91. The van der Waals surface area contributed by atoms with E-state index in [0.717, 1.165) is 12.6 Å². The summed E-state index contributed by atoms with van der Waals surface area (Å²) in [6.45, 7) is 10.3. The maximum absolute atomic E-state index is 5.44. The number of rotatable bonds is 15. The molecule has 1 aliphatic heterocycles. The Morgan fingerprint density at radius 3 is 1.86 bits per heavy atom. The summed E-state index contributed by atoms with van der Waals surface area (Å²) >= 11 is 0. The van der Waals surface area contributed by atoms with Crippen LogP contribution >= 0.6 is 0 Å². The molecule has 0 bridgehead atoms. The summed E-state index contributed by atoms with van der Waals surface area (Å²) in [7, 11) is 0. The number of unbranched alkanes of at least 4 members (excludes halogenated alkanes) is 8. The first-order chi connectivity index (χ1) is 10.3. The molecule has 1 heterocycles. The Bertz CT molecular complexity index is 224. The van der Waals surface area contributed by atoms with Gasteiger partial charge in [-0.25, -0.2) is 0 Å². The van der Waals surface area contributed by atoms with Crippen molar-refractivity contribution in [3.8, 4) is 0 Å². The van der Waals surface area contributed by atoms with Crippen molar-refractivity contribution in [2.45, 2.75) is 104 Å². The van der Waals surface area contributed by atoms with Crippen LogP contribution in [-0.2, 0) is 4.74 Å². The molecule has 0 aromatic heterocycles. The fraction of sp³-hybridized carbons (Fsp3) is 1.00. The van der Waals surface area contributed by atoms with E-state index < -0.39 is 0 Å². The van der Waals surface area contributed by atoms with Crippen LogP contribution in [0.3, 0.4) is 0 Å². The van der Waals surface area contributed by atoms with Crippen LogP contribution in [0.15, 0.2) is 0 Å². The van der Waals surface area contributed by atoms with Crippen molar-refractivity contribution in [3.63, 3.8) is 0 Å². The Kier molecular flexibility index (Phi) is 11.3. The molecule has 0 saturated carbocycles. The van der Waals surface area contributed by atoms with Crippen LogP contribution in [0.2, 0.25) is 0 Å². The SMILES string of the molecule is CCCCCCCCCCCC(CC1CO1)N(CC)CC. The highest BCUT2D eigenvalue weighted by molar-refractivity contribution is 4.80. The Morgan fingerprint density at radius 1 is 0.857 bits per heavy atom. The van der Waals surface area contributed by atoms with Crippen molar-refractivity contribution >= 4 is 0 Å². The average molecular weight is 298 g/mol. The molecular weight excluding hydrogens is 258 g/mol. The number of epoxide rings is 1. The minimum absolute atomic E-state index is 0.578. The molecule has 0 amide bonds. The van der Waals surface area contributed by atoms with E-state index in [-0.39, 0.29) is 0 Å². The van der Waals surface area contributed by atoms with Crippen molar-refractivity contribution < 1.29 is 4.74 Å². The van der Waals surface area contributed by atoms with Crippen LogP contribution in [0.1, 0.15) is 91.4 Å². The molecule has 21 heavy (non-hydrogen) atoms. The van der Waals surface area contributed by atoms with Crippen molar-refractivity contribution in [1.29, 1.82) is 0 Å². The summed E-state index contributed by atoms with van der Waals surface area (Å²) in [5.41, 5.74) is 0. The van der Waals surface area contributed by atoms with Gasteiger partial charge in [-0.05, 0) is 25.9 Å². The van der Waals surface area contributed by atoms with E-state index in [4.69, 9.17) is 4.74 Å². The molecule has 0 N–H and O–H groups in total. The minimum atomic E-state index is 0.578. The molecule has 2 atom stereocenters. The summed E-state index contributed by atoms with van der Waals surface area (Å²) < 4.78 is 5.44. The summed E-state index contributed by atoms with van der Waals surface area (Å²) in [5, 5.41) is 0. The highest BCUT2D eigenvalue weighted by Crippen LogP contribution is 2.23. The summed E-state index contributed by atoms with van der Waals surface area (Å²) in [6, 6.07) is 0.761. The lowest BCUT2D eigenvalue weighted by atomic mass is 10.0. The van der Waals surface area contributed by atoms with Crippen LogP contribution in [-0.4, -0.2) is 36.7 Å². The van der Waals surface area contributed by atoms with E-state index in [1.165, 1.54) is 83.7 Å². The van der Waals surface area contributed by atoms with E-state index in [9.17, 15) is 0 Å². The lowest BCUT2D eigenvalue weighted by molar-refractivity contribution is 0.179. The molecule has 2 unspecified atom stereocenters. The Hall–Kier alpha value is -0.0800. The highest BCUT2D eigenvalue weighted by atomic mass is 16.6. The van der Waals surface area contributed by atoms with Gasteiger partial charge in [-0.15, -0.1) is 0 Å². The average Bonchev–Trinajstić information content (AvgIpc) is 3.30. The first-order valence-electron chi connectivity index (χ1n) is 9.67. The molecule has 0 radical (unpaired) electrons. The molecule has 0 aromatic carbocycles. The van der Waals surface area contributed by atoms with Crippen LogP contribution in [0.5, 0.6) is 0 Å². The van der Waals surface area contributed by atoms with Crippen LogP contribution in [0.25, 0.3) is 0 Å². The molecule has 1 aliphatic rings. The predicted octanol–water partition coefficient (Wildman–Crippen LogP) is 5.41. The topological polar surface area (TPSA) is 15.8 Å². The van der Waals surface area contributed by atoms with Gasteiger partial charge in [0.1, 0.15) is 0 Å². The monoisotopic (exact) mass is 297 g/mol. The molecule has 2 nitrogen and oxygen atoms in total. The molecule has 0 aliphatic carbocycles. The molecule has 126 valence electrons. The van der Waals surface area contributed by atoms with Crippen molar-refractivity contribution in [3.05, 3.63) is 0 Å². The number of ether oxygens (including phenoxy) is 1. The van der Waals surface area contributed by atoms with Gasteiger partial charge in [0.25, 0.3) is 0 Å². The summed E-state index contributed by atoms with van der Waals surface area (Å²) in [5.74, 6) is 0. The summed E-state index contributed by atoms with van der Waals surface area (Å²) in [6.07, 6.45) is 16.1. The zero-order valence-electron chi connectivity index (χ0n) is 14.9. The second-order valence-corrected chi connectivity index (χ2v) is 6.68. The van der Waals surface area contributed by atoms with E-state index in [0.29, 0.717) is 6.10 Å². The van der Waals surface area contributed by atoms with E-state index in [1.807, 2.05) is 0 Å². The van der Waals surface area contributed by atoms with Crippen molar-refractivity contribution in [2.24, 2.45) is 0 Å². The van der Waals surface area contributed by atoms with Crippen LogP contribution in [0.4, 0.5) is 0 Å². The number of nitrogens with zero attached hydrogens (tertiary/aromatic N) is 1. The molecule has 1 fully saturated rings. The normalized spacial score (nSPS) is 19.1. The van der Waals surface area contributed by atoms with Gasteiger partial charge in [-0.1, -0.05) is 78.6 Å². The lowest BCUT2D eigenvalue weighted by Gasteiger charge is -2.29. The molecule has 2 heteroatoms. The van der Waals surface area contributed by atoms with Gasteiger partial charge in [0, 0.05) is 6.04 Å². The second kappa shape index (κ2) is 12.5. The van der Waals surface area contributed by atoms with Gasteiger partial charge in [0.15, 0.2) is 0 Å². The zero-order valence-corrected chi connectivity index (χ0v) is 14.9. The molecule has 0 spiro atoms. The Labute approximate surface area is 133 Å². The van der Waals surface area contributed by atoms with E-state index in [2.05, 4.69) is 25.7 Å². The number of hydrogen-bond acceptors (Lipinski definition) is 2. The Morgan fingerprint density at radius 2 is 1.38 bits per heavy atom. The largest absolute Gasteiger partial charge is 0.373 e. The van der Waals surface area contributed by atoms with Crippen molar-refractivity contribution in [2.75, 3.05) is 19.7 Å². The lowest BCUT2D eigenvalue weighted by Crippen LogP contribution is -2.36. The van der Waals surface area contributed by atoms with Gasteiger partial charge in [-0.3, -0.25) is 0 Å². The fourth-order valence-corrected chi connectivity index (χ4v) is 3.39. The molecular formula is C19H39NO. The zero-order chi connectivity index (χ0) is 15.3. The molecule has 1 rings (SSSR count). The van der Waals surface area contributed by atoms with Crippen molar-refractivity contribution in [1.82, 2.24) is 4.90 Å². The molecule has 1 saturated heterocycles. The summed E-state index contributed by atoms with van der Waals surface area (Å²) in [4.78, 5) is 2.63. The standard InChI is InChI=1S/C19H39NO/c1-4-7-8-9-10-11-12-13-14-15-18(16-19-17-21-19)20(5-2)6-3/h18-19H,4-17H2,1-3H3. The second-order valence-electron chi connectivity index (χ2n) is 6.68. The van der Waals surface area contributed by atoms with Gasteiger partial charge >= 0.3 is 0 Å².